The van der Waals surface area contributed by atoms with Crippen molar-refractivity contribution >= 4 is 29.0 Å². The molecule has 0 N–H and O–H groups in total. The number of halogens is 2. The standard InChI is InChI=1S/C15H15F2NOS2/c1-2-18(9-12-4-3-7-20-12)15(19)10-21-11-5-6-13(16)14(17)8-11/h3-8H,2,9-10H2,1H3. The van der Waals surface area contributed by atoms with Crippen molar-refractivity contribution in [2.75, 3.05) is 12.3 Å². The number of benzene rings is 1. The van der Waals surface area contributed by atoms with Crippen LogP contribution in [0.1, 0.15) is 11.8 Å². The minimum atomic E-state index is -0.890. The van der Waals surface area contributed by atoms with E-state index in [1.807, 2.05) is 24.4 Å². The van der Waals surface area contributed by atoms with Gasteiger partial charge in [0, 0.05) is 16.3 Å². The molecule has 0 spiro atoms. The van der Waals surface area contributed by atoms with Crippen LogP contribution in [-0.4, -0.2) is 23.1 Å². The summed E-state index contributed by atoms with van der Waals surface area (Å²) in [5.41, 5.74) is 0. The number of hydrogen-bond acceptors (Lipinski definition) is 3. The molecule has 6 heteroatoms. The largest absolute Gasteiger partial charge is 0.337 e. The molecule has 0 fully saturated rings. The molecule has 0 bridgehead atoms. The summed E-state index contributed by atoms with van der Waals surface area (Å²) < 4.78 is 25.9. The Morgan fingerprint density at radius 3 is 2.71 bits per heavy atom. The second-order valence-corrected chi connectivity index (χ2v) is 6.43. The zero-order valence-corrected chi connectivity index (χ0v) is 13.1. The first-order valence-corrected chi connectivity index (χ1v) is 8.34. The maximum Gasteiger partial charge on any atom is 0.233 e. The van der Waals surface area contributed by atoms with Crippen LogP contribution in [0, 0.1) is 11.6 Å². The summed E-state index contributed by atoms with van der Waals surface area (Å²) in [6.45, 7) is 3.13. The first-order chi connectivity index (χ1) is 10.1. The van der Waals surface area contributed by atoms with Crippen molar-refractivity contribution in [2.45, 2.75) is 18.4 Å². The number of nitrogens with zero attached hydrogens (tertiary/aromatic N) is 1. The molecule has 1 aromatic heterocycles. The lowest BCUT2D eigenvalue weighted by Crippen LogP contribution is -2.31. The third-order valence-corrected chi connectivity index (χ3v) is 4.75. The van der Waals surface area contributed by atoms with Crippen molar-refractivity contribution in [2.24, 2.45) is 0 Å². The lowest BCUT2D eigenvalue weighted by atomic mass is 10.3. The maximum absolute atomic E-state index is 13.1. The van der Waals surface area contributed by atoms with Gasteiger partial charge in [-0.1, -0.05) is 6.07 Å². The number of amides is 1. The molecule has 1 heterocycles. The van der Waals surface area contributed by atoms with Gasteiger partial charge in [-0.05, 0) is 36.6 Å². The normalized spacial score (nSPS) is 10.6. The molecular weight excluding hydrogens is 312 g/mol. The predicted molar refractivity (Wildman–Crippen MR) is 82.5 cm³/mol. The molecule has 2 nitrogen and oxygen atoms in total. The van der Waals surface area contributed by atoms with E-state index in [4.69, 9.17) is 0 Å². The molecule has 0 unspecified atom stereocenters. The third-order valence-electron chi connectivity index (χ3n) is 2.91. The average molecular weight is 327 g/mol. The highest BCUT2D eigenvalue weighted by molar-refractivity contribution is 8.00. The topological polar surface area (TPSA) is 20.3 Å². The van der Waals surface area contributed by atoms with Crippen molar-refractivity contribution in [3.63, 3.8) is 0 Å². The van der Waals surface area contributed by atoms with E-state index in [0.717, 1.165) is 17.0 Å². The summed E-state index contributed by atoms with van der Waals surface area (Å²) in [4.78, 5) is 15.6. The molecule has 1 amide bonds. The fraction of sp³-hybridized carbons (Fsp3) is 0.267. The molecule has 0 saturated carbocycles. The fourth-order valence-corrected chi connectivity index (χ4v) is 3.31. The fourth-order valence-electron chi connectivity index (χ4n) is 1.77. The van der Waals surface area contributed by atoms with Crippen molar-refractivity contribution in [3.8, 4) is 0 Å². The monoisotopic (exact) mass is 327 g/mol. The van der Waals surface area contributed by atoms with Crippen molar-refractivity contribution in [1.82, 2.24) is 4.90 Å². The number of carbonyl (C=O) groups excluding carboxylic acids is 1. The Balaban J connectivity index is 1.91. The molecule has 0 aliphatic heterocycles. The smallest absolute Gasteiger partial charge is 0.233 e. The van der Waals surface area contributed by atoms with E-state index >= 15 is 0 Å². The van der Waals surface area contributed by atoms with Crippen molar-refractivity contribution in [3.05, 3.63) is 52.2 Å². The van der Waals surface area contributed by atoms with Crippen LogP contribution < -0.4 is 0 Å². The summed E-state index contributed by atoms with van der Waals surface area (Å²) >= 11 is 2.82. The lowest BCUT2D eigenvalue weighted by molar-refractivity contribution is -0.128. The van der Waals surface area contributed by atoms with Crippen LogP contribution in [-0.2, 0) is 11.3 Å². The van der Waals surface area contributed by atoms with E-state index in [-0.39, 0.29) is 11.7 Å². The van der Waals surface area contributed by atoms with Crippen LogP contribution >= 0.6 is 23.1 Å². The van der Waals surface area contributed by atoms with E-state index in [2.05, 4.69) is 0 Å². The second kappa shape index (κ2) is 7.56. The van der Waals surface area contributed by atoms with Crippen LogP contribution in [0.3, 0.4) is 0 Å². The first-order valence-electron chi connectivity index (χ1n) is 6.48. The highest BCUT2D eigenvalue weighted by atomic mass is 32.2. The van der Waals surface area contributed by atoms with Gasteiger partial charge in [0.05, 0.1) is 12.3 Å². The maximum atomic E-state index is 13.1. The zero-order chi connectivity index (χ0) is 15.2. The quantitative estimate of drug-likeness (QED) is 0.742. The first kappa shape index (κ1) is 16.0. The van der Waals surface area contributed by atoms with Crippen LogP contribution in [0.25, 0.3) is 0 Å². The van der Waals surface area contributed by atoms with Gasteiger partial charge in [0.1, 0.15) is 0 Å². The van der Waals surface area contributed by atoms with Crippen LogP contribution in [0.4, 0.5) is 8.78 Å². The summed E-state index contributed by atoms with van der Waals surface area (Å²) in [6.07, 6.45) is 0. The lowest BCUT2D eigenvalue weighted by Gasteiger charge is -2.20. The molecule has 0 atom stereocenters. The Kier molecular flexibility index (Phi) is 5.76. The highest BCUT2D eigenvalue weighted by Crippen LogP contribution is 2.21. The van der Waals surface area contributed by atoms with Gasteiger partial charge < -0.3 is 4.90 Å². The SMILES string of the molecule is CCN(Cc1cccs1)C(=O)CSc1ccc(F)c(F)c1. The van der Waals surface area contributed by atoms with Crippen LogP contribution in [0.2, 0.25) is 0 Å². The van der Waals surface area contributed by atoms with Crippen molar-refractivity contribution in [1.29, 1.82) is 0 Å². The Morgan fingerprint density at radius 1 is 1.29 bits per heavy atom. The number of rotatable bonds is 6. The van der Waals surface area contributed by atoms with E-state index in [1.54, 1.807) is 16.2 Å². The summed E-state index contributed by atoms with van der Waals surface area (Å²) in [5.74, 6) is -1.57. The Hall–Kier alpha value is -1.40. The van der Waals surface area contributed by atoms with Gasteiger partial charge in [-0.3, -0.25) is 4.79 Å². The summed E-state index contributed by atoms with van der Waals surface area (Å²) in [7, 11) is 0. The van der Waals surface area contributed by atoms with Crippen molar-refractivity contribution < 1.29 is 13.6 Å². The molecule has 0 saturated heterocycles. The number of thioether (sulfide) groups is 1. The van der Waals surface area contributed by atoms with Gasteiger partial charge in [-0.25, -0.2) is 8.78 Å². The average Bonchev–Trinajstić information content (AvgIpc) is 2.98. The molecule has 1 aromatic carbocycles. The van der Waals surface area contributed by atoms with Gasteiger partial charge in [0.25, 0.3) is 0 Å². The van der Waals surface area contributed by atoms with E-state index in [1.165, 1.54) is 17.8 Å². The van der Waals surface area contributed by atoms with Gasteiger partial charge in [-0.15, -0.1) is 23.1 Å². The predicted octanol–water partition coefficient (Wildman–Crippen LogP) is 4.17. The number of hydrogen-bond donors (Lipinski definition) is 0. The molecule has 21 heavy (non-hydrogen) atoms. The number of carbonyl (C=O) groups is 1. The summed E-state index contributed by atoms with van der Waals surface area (Å²) in [6, 6.07) is 7.61. The zero-order valence-electron chi connectivity index (χ0n) is 11.5. The van der Waals surface area contributed by atoms with Crippen LogP contribution in [0.5, 0.6) is 0 Å². The Morgan fingerprint density at radius 2 is 2.10 bits per heavy atom. The molecule has 2 rings (SSSR count). The van der Waals surface area contributed by atoms with Crippen LogP contribution in [0.15, 0.2) is 40.6 Å². The van der Waals surface area contributed by atoms with Gasteiger partial charge in [-0.2, -0.15) is 0 Å². The Bertz CT molecular complexity index is 602. The van der Waals surface area contributed by atoms with Gasteiger partial charge in [0.15, 0.2) is 11.6 Å². The summed E-state index contributed by atoms with van der Waals surface area (Å²) in [5, 5.41) is 1.98. The number of thiophene rings is 1. The highest BCUT2D eigenvalue weighted by Gasteiger charge is 2.13. The van der Waals surface area contributed by atoms with Gasteiger partial charge >= 0.3 is 0 Å². The van der Waals surface area contributed by atoms with E-state index in [9.17, 15) is 13.6 Å². The van der Waals surface area contributed by atoms with E-state index < -0.39 is 11.6 Å². The minimum Gasteiger partial charge on any atom is -0.337 e. The Labute approximate surface area is 130 Å². The van der Waals surface area contributed by atoms with Gasteiger partial charge in [0.2, 0.25) is 5.91 Å². The third kappa shape index (κ3) is 4.54. The minimum absolute atomic E-state index is 0.0133. The molecule has 2 aromatic rings. The molecule has 0 aliphatic carbocycles. The van der Waals surface area contributed by atoms with E-state index in [0.29, 0.717) is 18.0 Å². The molecule has 0 radical (unpaired) electrons. The second-order valence-electron chi connectivity index (χ2n) is 4.35. The molecular formula is C15H15F2NOS2. The molecule has 112 valence electrons. The molecule has 0 aliphatic rings.